The molecule has 108 valence electrons. The summed E-state index contributed by atoms with van der Waals surface area (Å²) in [6.07, 6.45) is 4.14. The van der Waals surface area contributed by atoms with E-state index < -0.39 is 0 Å². The molecular formula is C17H17NO3. The van der Waals surface area contributed by atoms with Crippen LogP contribution in [0.5, 0.6) is 0 Å². The number of rotatable bonds is 2. The number of nitrogens with zero attached hydrogens (tertiary/aromatic N) is 1. The summed E-state index contributed by atoms with van der Waals surface area (Å²) in [7, 11) is 1.40. The van der Waals surface area contributed by atoms with E-state index in [4.69, 9.17) is 9.26 Å². The fourth-order valence-corrected chi connectivity index (χ4v) is 2.88. The van der Waals surface area contributed by atoms with Crippen LogP contribution in [-0.2, 0) is 11.2 Å². The van der Waals surface area contributed by atoms with Crippen LogP contribution >= 0.6 is 0 Å². The van der Waals surface area contributed by atoms with E-state index in [9.17, 15) is 4.79 Å². The van der Waals surface area contributed by atoms with E-state index in [1.54, 1.807) is 0 Å². The Hall–Kier alpha value is -2.36. The first-order valence-corrected chi connectivity index (χ1v) is 6.97. The number of ether oxygens (including phenoxy) is 1. The van der Waals surface area contributed by atoms with Crippen LogP contribution in [0.25, 0.3) is 5.57 Å². The first-order valence-electron chi connectivity index (χ1n) is 6.97. The van der Waals surface area contributed by atoms with E-state index in [0.29, 0.717) is 5.56 Å². The predicted octanol–water partition coefficient (Wildman–Crippen LogP) is 3.46. The zero-order valence-electron chi connectivity index (χ0n) is 12.4. The van der Waals surface area contributed by atoms with Gasteiger partial charge in [0.25, 0.3) is 0 Å². The Labute approximate surface area is 123 Å². The largest absolute Gasteiger partial charge is 0.465 e. The Kier molecular flexibility index (Phi) is 3.37. The van der Waals surface area contributed by atoms with Crippen molar-refractivity contribution in [1.82, 2.24) is 5.16 Å². The molecule has 0 saturated heterocycles. The molecule has 0 aliphatic heterocycles. The number of allylic oxidation sites excluding steroid dienone is 1. The molecule has 1 aromatic heterocycles. The van der Waals surface area contributed by atoms with Crippen molar-refractivity contribution in [1.29, 1.82) is 0 Å². The van der Waals surface area contributed by atoms with Gasteiger partial charge in [-0.25, -0.2) is 4.79 Å². The maximum Gasteiger partial charge on any atom is 0.337 e. The number of benzene rings is 1. The number of hydrogen-bond donors (Lipinski definition) is 0. The molecule has 1 aliphatic rings. The van der Waals surface area contributed by atoms with E-state index in [-0.39, 0.29) is 5.97 Å². The quantitative estimate of drug-likeness (QED) is 0.792. The number of esters is 1. The zero-order valence-corrected chi connectivity index (χ0v) is 12.4. The molecule has 0 amide bonds. The maximum atomic E-state index is 11.8. The fraction of sp³-hybridized carbons (Fsp3) is 0.294. The van der Waals surface area contributed by atoms with Crippen molar-refractivity contribution in [2.24, 2.45) is 0 Å². The molecule has 0 atom stereocenters. The van der Waals surface area contributed by atoms with Crippen LogP contribution in [0.1, 0.15) is 44.9 Å². The molecule has 0 radical (unpaired) electrons. The van der Waals surface area contributed by atoms with Gasteiger partial charge in [-0.3, -0.25) is 0 Å². The summed E-state index contributed by atoms with van der Waals surface area (Å²) in [4.78, 5) is 11.8. The number of carbonyl (C=O) groups excluding carboxylic acids is 1. The number of methoxy groups -OCH3 is 1. The van der Waals surface area contributed by atoms with E-state index >= 15 is 0 Å². The monoisotopic (exact) mass is 283 g/mol. The summed E-state index contributed by atoms with van der Waals surface area (Å²) < 4.78 is 10.1. The standard InChI is InChI=1S/C17H17NO3/c1-10-16(11(2)21-18-10)14-6-4-5-12-7-8-13(9-15(12)14)17(19)20-3/h6-9H,4-5H2,1-3H3. The second-order valence-electron chi connectivity index (χ2n) is 5.22. The van der Waals surface area contributed by atoms with Gasteiger partial charge >= 0.3 is 5.97 Å². The van der Waals surface area contributed by atoms with Gasteiger partial charge in [-0.1, -0.05) is 17.3 Å². The smallest absolute Gasteiger partial charge is 0.337 e. The third kappa shape index (κ3) is 2.27. The van der Waals surface area contributed by atoms with Gasteiger partial charge in [-0.15, -0.1) is 0 Å². The average molecular weight is 283 g/mol. The highest BCUT2D eigenvalue weighted by molar-refractivity contribution is 5.93. The Morgan fingerprint density at radius 2 is 2.14 bits per heavy atom. The number of hydrogen-bond acceptors (Lipinski definition) is 4. The zero-order chi connectivity index (χ0) is 15.0. The van der Waals surface area contributed by atoms with Crippen molar-refractivity contribution in [2.75, 3.05) is 7.11 Å². The average Bonchev–Trinajstić information content (AvgIpc) is 2.84. The highest BCUT2D eigenvalue weighted by Crippen LogP contribution is 2.35. The van der Waals surface area contributed by atoms with Gasteiger partial charge in [-0.05, 0) is 55.5 Å². The van der Waals surface area contributed by atoms with Gasteiger partial charge in [0, 0.05) is 5.56 Å². The van der Waals surface area contributed by atoms with Crippen LogP contribution in [-0.4, -0.2) is 18.2 Å². The van der Waals surface area contributed by atoms with Crippen LogP contribution in [0, 0.1) is 13.8 Å². The minimum absolute atomic E-state index is 0.318. The van der Waals surface area contributed by atoms with Crippen molar-refractivity contribution >= 4 is 11.5 Å². The normalized spacial score (nSPS) is 13.6. The second-order valence-corrected chi connectivity index (χ2v) is 5.22. The van der Waals surface area contributed by atoms with Crippen LogP contribution in [0.2, 0.25) is 0 Å². The maximum absolute atomic E-state index is 11.8. The molecule has 4 nitrogen and oxygen atoms in total. The van der Waals surface area contributed by atoms with Crippen LogP contribution in [0.3, 0.4) is 0 Å². The summed E-state index contributed by atoms with van der Waals surface area (Å²) >= 11 is 0. The molecule has 1 heterocycles. The Morgan fingerprint density at radius 1 is 1.33 bits per heavy atom. The van der Waals surface area contributed by atoms with Crippen molar-refractivity contribution in [3.05, 3.63) is 58.0 Å². The lowest BCUT2D eigenvalue weighted by atomic mass is 9.85. The summed E-state index contributed by atoms with van der Waals surface area (Å²) in [6, 6.07) is 5.73. The first-order chi connectivity index (χ1) is 10.1. The van der Waals surface area contributed by atoms with Crippen LogP contribution < -0.4 is 0 Å². The molecule has 3 rings (SSSR count). The molecule has 0 saturated carbocycles. The summed E-state index contributed by atoms with van der Waals surface area (Å²) in [5.41, 5.74) is 5.86. The lowest BCUT2D eigenvalue weighted by Crippen LogP contribution is -2.07. The molecule has 0 bridgehead atoms. The van der Waals surface area contributed by atoms with Gasteiger partial charge in [0.05, 0.1) is 18.4 Å². The van der Waals surface area contributed by atoms with Crippen LogP contribution in [0.4, 0.5) is 0 Å². The molecule has 21 heavy (non-hydrogen) atoms. The van der Waals surface area contributed by atoms with Crippen molar-refractivity contribution in [3.63, 3.8) is 0 Å². The SMILES string of the molecule is COC(=O)c1ccc2c(c1)C(c1c(C)noc1C)=CCC2. The van der Waals surface area contributed by atoms with E-state index in [2.05, 4.69) is 11.2 Å². The molecular weight excluding hydrogens is 266 g/mol. The van der Waals surface area contributed by atoms with Gasteiger partial charge in [0.2, 0.25) is 0 Å². The number of carbonyl (C=O) groups is 1. The Morgan fingerprint density at radius 3 is 2.81 bits per heavy atom. The van der Waals surface area contributed by atoms with Gasteiger partial charge in [-0.2, -0.15) is 0 Å². The third-order valence-corrected chi connectivity index (χ3v) is 3.89. The van der Waals surface area contributed by atoms with Gasteiger partial charge in [0.15, 0.2) is 0 Å². The molecule has 1 aromatic carbocycles. The Balaban J connectivity index is 2.15. The van der Waals surface area contributed by atoms with E-state index in [1.165, 1.54) is 12.7 Å². The third-order valence-electron chi connectivity index (χ3n) is 3.89. The highest BCUT2D eigenvalue weighted by Gasteiger charge is 2.21. The van der Waals surface area contributed by atoms with Crippen molar-refractivity contribution in [2.45, 2.75) is 26.7 Å². The topological polar surface area (TPSA) is 52.3 Å². The molecule has 0 spiro atoms. The molecule has 1 aliphatic carbocycles. The molecule has 4 heteroatoms. The first kappa shape index (κ1) is 13.6. The molecule has 0 unspecified atom stereocenters. The number of aromatic nitrogens is 1. The molecule has 0 fully saturated rings. The number of fused-ring (bicyclic) bond motifs is 1. The summed E-state index contributed by atoms with van der Waals surface area (Å²) in [5.74, 6) is 0.483. The van der Waals surface area contributed by atoms with Gasteiger partial charge < -0.3 is 9.26 Å². The number of aryl methyl sites for hydroxylation is 3. The lowest BCUT2D eigenvalue weighted by molar-refractivity contribution is 0.0600. The second kappa shape index (κ2) is 5.20. The summed E-state index contributed by atoms with van der Waals surface area (Å²) in [5, 5.41) is 4.03. The van der Waals surface area contributed by atoms with Crippen LogP contribution in [0.15, 0.2) is 28.8 Å². The predicted molar refractivity (Wildman–Crippen MR) is 79.2 cm³/mol. The highest BCUT2D eigenvalue weighted by atomic mass is 16.5. The fourth-order valence-electron chi connectivity index (χ4n) is 2.88. The van der Waals surface area contributed by atoms with E-state index in [1.807, 2.05) is 32.0 Å². The molecule has 0 N–H and O–H groups in total. The van der Waals surface area contributed by atoms with Gasteiger partial charge in [0.1, 0.15) is 5.76 Å². The minimum atomic E-state index is -0.318. The van der Waals surface area contributed by atoms with E-state index in [0.717, 1.165) is 41.0 Å². The lowest BCUT2D eigenvalue weighted by Gasteiger charge is -2.18. The van der Waals surface area contributed by atoms with Crippen molar-refractivity contribution < 1.29 is 14.1 Å². The Bertz CT molecular complexity index is 721. The minimum Gasteiger partial charge on any atom is -0.465 e. The van der Waals surface area contributed by atoms with Crippen molar-refractivity contribution in [3.8, 4) is 0 Å². The molecule has 2 aromatic rings. The summed E-state index contributed by atoms with van der Waals surface area (Å²) in [6.45, 7) is 3.85.